The molecule has 20 heavy (non-hydrogen) atoms. The second-order valence-corrected chi connectivity index (χ2v) is 4.27. The van der Waals surface area contributed by atoms with Crippen LogP contribution in [-0.2, 0) is 4.79 Å². The summed E-state index contributed by atoms with van der Waals surface area (Å²) >= 11 is 0. The molecule has 0 spiro atoms. The van der Waals surface area contributed by atoms with E-state index in [2.05, 4.69) is 10.3 Å². The number of aliphatic hydroxyl groups excluding tert-OH is 1. The molecule has 0 aliphatic heterocycles. The van der Waals surface area contributed by atoms with Crippen molar-refractivity contribution in [2.24, 2.45) is 0 Å². The van der Waals surface area contributed by atoms with Crippen molar-refractivity contribution in [3.63, 3.8) is 0 Å². The molecule has 4 heteroatoms. The van der Waals surface area contributed by atoms with E-state index in [-0.39, 0.29) is 12.5 Å². The van der Waals surface area contributed by atoms with Gasteiger partial charge >= 0.3 is 0 Å². The zero-order valence-corrected chi connectivity index (χ0v) is 10.9. The summed E-state index contributed by atoms with van der Waals surface area (Å²) in [6, 6.07) is 12.6. The van der Waals surface area contributed by atoms with Gasteiger partial charge in [-0.15, -0.1) is 0 Å². The Hall–Kier alpha value is -2.46. The number of rotatable bonds is 5. The third-order valence-electron chi connectivity index (χ3n) is 2.81. The molecule has 0 saturated carbocycles. The van der Waals surface area contributed by atoms with Crippen LogP contribution in [0.4, 0.5) is 0 Å². The van der Waals surface area contributed by atoms with E-state index in [0.29, 0.717) is 0 Å². The first-order valence-electron chi connectivity index (χ1n) is 6.34. The Morgan fingerprint density at radius 3 is 2.70 bits per heavy atom. The molecule has 1 amide bonds. The number of aliphatic hydroxyl groups is 1. The Morgan fingerprint density at radius 2 is 2.05 bits per heavy atom. The molecule has 0 aliphatic carbocycles. The average Bonchev–Trinajstić information content (AvgIpc) is 2.52. The number of aromatic nitrogens is 1. The molecule has 0 aliphatic rings. The monoisotopic (exact) mass is 268 g/mol. The first-order chi connectivity index (χ1) is 9.79. The fraction of sp³-hybridized carbons (Fsp3) is 0.125. The van der Waals surface area contributed by atoms with Crippen LogP contribution in [0.25, 0.3) is 6.08 Å². The molecule has 4 nitrogen and oxygen atoms in total. The highest BCUT2D eigenvalue weighted by molar-refractivity contribution is 5.91. The SMILES string of the molecule is O=C(/C=C/c1cccnc1)N[C@@H](CO)c1ccccc1. The van der Waals surface area contributed by atoms with Crippen LogP contribution in [0, 0.1) is 0 Å². The highest BCUT2D eigenvalue weighted by atomic mass is 16.3. The topological polar surface area (TPSA) is 62.2 Å². The van der Waals surface area contributed by atoms with Gasteiger partial charge in [0.2, 0.25) is 5.91 Å². The summed E-state index contributed by atoms with van der Waals surface area (Å²) in [6.45, 7) is -0.142. The van der Waals surface area contributed by atoms with Gasteiger partial charge in [0.15, 0.2) is 0 Å². The van der Waals surface area contributed by atoms with Crippen molar-refractivity contribution >= 4 is 12.0 Å². The number of hydrogen-bond acceptors (Lipinski definition) is 3. The Morgan fingerprint density at radius 1 is 1.25 bits per heavy atom. The van der Waals surface area contributed by atoms with Gasteiger partial charge in [0, 0.05) is 18.5 Å². The predicted molar refractivity (Wildman–Crippen MR) is 77.7 cm³/mol. The summed E-state index contributed by atoms with van der Waals surface area (Å²) in [5.74, 6) is -0.253. The van der Waals surface area contributed by atoms with Crippen molar-refractivity contribution in [1.82, 2.24) is 10.3 Å². The van der Waals surface area contributed by atoms with Gasteiger partial charge in [-0.3, -0.25) is 9.78 Å². The number of amides is 1. The predicted octanol–water partition coefficient (Wildman–Crippen LogP) is 1.94. The molecule has 2 aromatic rings. The molecule has 102 valence electrons. The standard InChI is InChI=1S/C16H16N2O2/c19-12-15(14-6-2-1-3-7-14)18-16(20)9-8-13-5-4-10-17-11-13/h1-11,15,19H,12H2,(H,18,20)/b9-8+/t15-/m0/s1. The molecule has 0 unspecified atom stereocenters. The zero-order valence-electron chi connectivity index (χ0n) is 10.9. The van der Waals surface area contributed by atoms with Crippen LogP contribution in [0.15, 0.2) is 60.9 Å². The molecule has 2 rings (SSSR count). The van der Waals surface area contributed by atoms with E-state index in [1.54, 1.807) is 24.5 Å². The third-order valence-corrected chi connectivity index (χ3v) is 2.81. The van der Waals surface area contributed by atoms with Crippen LogP contribution in [0.3, 0.4) is 0 Å². The first kappa shape index (κ1) is 14.0. The zero-order chi connectivity index (χ0) is 14.2. The number of pyridine rings is 1. The molecule has 1 aromatic heterocycles. The van der Waals surface area contributed by atoms with E-state index in [1.165, 1.54) is 6.08 Å². The molecule has 0 saturated heterocycles. The maximum absolute atomic E-state index is 11.8. The second kappa shape index (κ2) is 7.21. The molecule has 1 atom stereocenters. The van der Waals surface area contributed by atoms with Crippen LogP contribution in [0.1, 0.15) is 17.2 Å². The summed E-state index contributed by atoms with van der Waals surface area (Å²) in [7, 11) is 0. The summed E-state index contributed by atoms with van der Waals surface area (Å²) in [4.78, 5) is 15.8. The first-order valence-corrected chi connectivity index (χ1v) is 6.34. The minimum absolute atomic E-state index is 0.142. The average molecular weight is 268 g/mol. The number of nitrogens with one attached hydrogen (secondary N) is 1. The number of hydrogen-bond donors (Lipinski definition) is 2. The van der Waals surface area contributed by atoms with Crippen LogP contribution in [-0.4, -0.2) is 22.6 Å². The molecule has 2 N–H and O–H groups in total. The molecule has 0 radical (unpaired) electrons. The lowest BCUT2D eigenvalue weighted by molar-refractivity contribution is -0.117. The minimum atomic E-state index is -0.401. The molecule has 0 bridgehead atoms. The van der Waals surface area contributed by atoms with Crippen LogP contribution >= 0.6 is 0 Å². The molecule has 1 heterocycles. The smallest absolute Gasteiger partial charge is 0.244 e. The lowest BCUT2D eigenvalue weighted by atomic mass is 10.1. The van der Waals surface area contributed by atoms with E-state index in [1.807, 2.05) is 36.4 Å². The molecule has 0 fully saturated rings. The van der Waals surface area contributed by atoms with Crippen LogP contribution in [0.5, 0.6) is 0 Å². The van der Waals surface area contributed by atoms with Crippen molar-refractivity contribution in [2.75, 3.05) is 6.61 Å². The van der Waals surface area contributed by atoms with Gasteiger partial charge in [0.05, 0.1) is 12.6 Å². The van der Waals surface area contributed by atoms with Crippen molar-refractivity contribution in [3.8, 4) is 0 Å². The largest absolute Gasteiger partial charge is 0.394 e. The maximum Gasteiger partial charge on any atom is 0.244 e. The normalized spacial score (nSPS) is 12.2. The van der Waals surface area contributed by atoms with Crippen molar-refractivity contribution in [3.05, 3.63) is 72.1 Å². The Labute approximate surface area is 117 Å². The third kappa shape index (κ3) is 4.03. The fourth-order valence-electron chi connectivity index (χ4n) is 1.79. The van der Waals surface area contributed by atoms with Gasteiger partial charge in [0.1, 0.15) is 0 Å². The number of benzene rings is 1. The molecular weight excluding hydrogens is 252 g/mol. The minimum Gasteiger partial charge on any atom is -0.394 e. The van der Waals surface area contributed by atoms with Crippen LogP contribution < -0.4 is 5.32 Å². The van der Waals surface area contributed by atoms with E-state index in [0.717, 1.165) is 11.1 Å². The second-order valence-electron chi connectivity index (χ2n) is 4.27. The van der Waals surface area contributed by atoms with Gasteiger partial charge in [-0.1, -0.05) is 36.4 Å². The van der Waals surface area contributed by atoms with Gasteiger partial charge in [-0.25, -0.2) is 0 Å². The highest BCUT2D eigenvalue weighted by Gasteiger charge is 2.11. The lowest BCUT2D eigenvalue weighted by Crippen LogP contribution is -2.29. The summed E-state index contributed by atoms with van der Waals surface area (Å²) < 4.78 is 0. The van der Waals surface area contributed by atoms with E-state index < -0.39 is 6.04 Å². The van der Waals surface area contributed by atoms with Crippen molar-refractivity contribution in [1.29, 1.82) is 0 Å². The lowest BCUT2D eigenvalue weighted by Gasteiger charge is -2.15. The Kier molecular flexibility index (Phi) is 5.03. The Bertz CT molecular complexity index is 568. The van der Waals surface area contributed by atoms with Crippen molar-refractivity contribution < 1.29 is 9.90 Å². The molecular formula is C16H16N2O2. The number of carbonyl (C=O) groups is 1. The Balaban J connectivity index is 1.98. The quantitative estimate of drug-likeness (QED) is 0.815. The summed E-state index contributed by atoms with van der Waals surface area (Å²) in [5, 5.41) is 12.1. The summed E-state index contributed by atoms with van der Waals surface area (Å²) in [5.41, 5.74) is 1.72. The fourth-order valence-corrected chi connectivity index (χ4v) is 1.79. The van der Waals surface area contributed by atoms with E-state index in [9.17, 15) is 9.90 Å². The number of carbonyl (C=O) groups excluding carboxylic acids is 1. The van der Waals surface area contributed by atoms with Gasteiger partial charge in [0.25, 0.3) is 0 Å². The van der Waals surface area contributed by atoms with Gasteiger partial charge in [-0.2, -0.15) is 0 Å². The molecule has 1 aromatic carbocycles. The van der Waals surface area contributed by atoms with Crippen molar-refractivity contribution in [2.45, 2.75) is 6.04 Å². The van der Waals surface area contributed by atoms with Crippen LogP contribution in [0.2, 0.25) is 0 Å². The maximum atomic E-state index is 11.8. The van der Waals surface area contributed by atoms with Gasteiger partial charge < -0.3 is 10.4 Å². The summed E-state index contributed by atoms with van der Waals surface area (Å²) in [6.07, 6.45) is 6.46. The van der Waals surface area contributed by atoms with E-state index in [4.69, 9.17) is 0 Å². The highest BCUT2D eigenvalue weighted by Crippen LogP contribution is 2.11. The number of nitrogens with zero attached hydrogens (tertiary/aromatic N) is 1. The van der Waals surface area contributed by atoms with E-state index >= 15 is 0 Å². The van der Waals surface area contributed by atoms with Gasteiger partial charge in [-0.05, 0) is 23.3 Å².